The summed E-state index contributed by atoms with van der Waals surface area (Å²) in [7, 11) is 0. The van der Waals surface area contributed by atoms with E-state index in [9.17, 15) is 0 Å². The first-order valence-corrected chi connectivity index (χ1v) is 4.11. The van der Waals surface area contributed by atoms with Gasteiger partial charge in [0.25, 0.3) is 0 Å². The standard InChI is InChI=1S/C6H8N2O.C3H8.H2/c9-8-5-6-2-1-3-7-4-6;1-3-2;/h1-4,8-9H,5H2;3H2,1-2H3;1H. The van der Waals surface area contributed by atoms with E-state index in [2.05, 4.69) is 18.8 Å². The van der Waals surface area contributed by atoms with E-state index in [1.807, 2.05) is 17.6 Å². The van der Waals surface area contributed by atoms with Gasteiger partial charge in [-0.15, -0.1) is 0 Å². The summed E-state index contributed by atoms with van der Waals surface area (Å²) < 4.78 is 0. The largest absolute Gasteiger partial charge is 0.316 e. The molecule has 1 rings (SSSR count). The minimum atomic E-state index is 0. The van der Waals surface area contributed by atoms with Gasteiger partial charge in [0.1, 0.15) is 0 Å². The molecule has 0 aliphatic heterocycles. The molecule has 0 radical (unpaired) electrons. The van der Waals surface area contributed by atoms with Crippen molar-refractivity contribution in [3.8, 4) is 0 Å². The molecule has 3 nitrogen and oxygen atoms in total. The van der Waals surface area contributed by atoms with Gasteiger partial charge in [-0.25, -0.2) is 5.48 Å². The molecule has 0 fully saturated rings. The lowest BCUT2D eigenvalue weighted by atomic mass is 10.3. The van der Waals surface area contributed by atoms with Gasteiger partial charge in [-0.1, -0.05) is 26.3 Å². The summed E-state index contributed by atoms with van der Waals surface area (Å²) in [6, 6.07) is 3.71. The van der Waals surface area contributed by atoms with Crippen molar-refractivity contribution in [2.75, 3.05) is 0 Å². The van der Waals surface area contributed by atoms with Crippen LogP contribution >= 0.6 is 0 Å². The average Bonchev–Trinajstić information content (AvgIpc) is 2.08. The molecule has 0 saturated carbocycles. The highest BCUT2D eigenvalue weighted by Crippen LogP contribution is 1.92. The molecule has 12 heavy (non-hydrogen) atoms. The van der Waals surface area contributed by atoms with Gasteiger partial charge < -0.3 is 5.21 Å². The average molecular weight is 170 g/mol. The maximum atomic E-state index is 8.24. The number of aromatic nitrogens is 1. The van der Waals surface area contributed by atoms with Crippen LogP contribution in [0.5, 0.6) is 0 Å². The molecule has 0 unspecified atom stereocenters. The molecule has 0 saturated heterocycles. The van der Waals surface area contributed by atoms with Crippen LogP contribution in [0.1, 0.15) is 27.3 Å². The zero-order valence-electron chi connectivity index (χ0n) is 7.62. The van der Waals surface area contributed by atoms with Gasteiger partial charge in [-0.3, -0.25) is 4.98 Å². The van der Waals surface area contributed by atoms with Crippen LogP contribution in [-0.2, 0) is 6.54 Å². The van der Waals surface area contributed by atoms with E-state index in [1.54, 1.807) is 12.4 Å². The summed E-state index contributed by atoms with van der Waals surface area (Å²) in [5.74, 6) is 0. The summed E-state index contributed by atoms with van der Waals surface area (Å²) in [6.07, 6.45) is 4.64. The Morgan fingerprint density at radius 3 is 2.67 bits per heavy atom. The van der Waals surface area contributed by atoms with Crippen LogP contribution in [0, 0.1) is 0 Å². The number of rotatable bonds is 2. The van der Waals surface area contributed by atoms with Gasteiger partial charge in [0.15, 0.2) is 0 Å². The van der Waals surface area contributed by atoms with Crippen molar-refractivity contribution in [1.82, 2.24) is 10.5 Å². The van der Waals surface area contributed by atoms with Crippen LogP contribution in [0.3, 0.4) is 0 Å². The molecule has 0 aromatic carbocycles. The van der Waals surface area contributed by atoms with E-state index >= 15 is 0 Å². The molecule has 0 atom stereocenters. The van der Waals surface area contributed by atoms with Crippen LogP contribution in [0.4, 0.5) is 0 Å². The van der Waals surface area contributed by atoms with Crippen LogP contribution in [0.15, 0.2) is 24.5 Å². The van der Waals surface area contributed by atoms with Gasteiger partial charge in [0.05, 0.1) is 0 Å². The fraction of sp³-hybridized carbons (Fsp3) is 0.444. The quantitative estimate of drug-likeness (QED) is 0.669. The SMILES string of the molecule is CCC.ONCc1cccnc1.[HH]. The molecule has 3 heteroatoms. The number of hydrogen-bond donors (Lipinski definition) is 2. The molecular weight excluding hydrogens is 152 g/mol. The molecule has 0 amide bonds. The zero-order chi connectivity index (χ0) is 9.23. The van der Waals surface area contributed by atoms with Crippen LogP contribution in [0.25, 0.3) is 0 Å². The maximum absolute atomic E-state index is 8.24. The van der Waals surface area contributed by atoms with Gasteiger partial charge in [-0.05, 0) is 11.6 Å². The topological polar surface area (TPSA) is 45.1 Å². The smallest absolute Gasteiger partial charge is 0.0473 e. The lowest BCUT2D eigenvalue weighted by Gasteiger charge is -1.94. The molecule has 1 aromatic heterocycles. The summed E-state index contributed by atoms with van der Waals surface area (Å²) in [5.41, 5.74) is 3.02. The van der Waals surface area contributed by atoms with E-state index in [0.29, 0.717) is 6.54 Å². The van der Waals surface area contributed by atoms with Gasteiger partial charge >= 0.3 is 0 Å². The zero-order valence-corrected chi connectivity index (χ0v) is 7.62. The highest BCUT2D eigenvalue weighted by Gasteiger charge is 1.85. The Kier molecular flexibility index (Phi) is 7.54. The summed E-state index contributed by atoms with van der Waals surface area (Å²) in [6.45, 7) is 4.70. The van der Waals surface area contributed by atoms with E-state index in [1.165, 1.54) is 6.42 Å². The minimum absolute atomic E-state index is 0. The van der Waals surface area contributed by atoms with Crippen LogP contribution in [0.2, 0.25) is 0 Å². The van der Waals surface area contributed by atoms with E-state index in [-0.39, 0.29) is 1.43 Å². The molecule has 0 spiro atoms. The Labute approximate surface area is 74.9 Å². The lowest BCUT2D eigenvalue weighted by Crippen LogP contribution is -2.05. The van der Waals surface area contributed by atoms with Crippen molar-refractivity contribution in [3.63, 3.8) is 0 Å². The first-order chi connectivity index (χ1) is 5.85. The second-order valence-corrected chi connectivity index (χ2v) is 2.40. The molecule has 70 valence electrons. The minimum Gasteiger partial charge on any atom is -0.316 e. The Morgan fingerprint density at radius 1 is 1.58 bits per heavy atom. The third-order valence-electron chi connectivity index (χ3n) is 1.01. The molecule has 1 heterocycles. The van der Waals surface area contributed by atoms with Gasteiger partial charge in [-0.2, -0.15) is 0 Å². The molecule has 2 N–H and O–H groups in total. The summed E-state index contributed by atoms with van der Waals surface area (Å²) >= 11 is 0. The van der Waals surface area contributed by atoms with Crippen molar-refractivity contribution < 1.29 is 6.63 Å². The molecule has 1 aromatic rings. The van der Waals surface area contributed by atoms with E-state index in [4.69, 9.17) is 5.21 Å². The van der Waals surface area contributed by atoms with Crippen LogP contribution < -0.4 is 5.48 Å². The normalized spacial score (nSPS) is 8.58. The van der Waals surface area contributed by atoms with Crippen molar-refractivity contribution in [2.45, 2.75) is 26.8 Å². The van der Waals surface area contributed by atoms with E-state index in [0.717, 1.165) is 5.56 Å². The number of nitrogens with one attached hydrogen (secondary N) is 1. The first-order valence-electron chi connectivity index (χ1n) is 4.11. The van der Waals surface area contributed by atoms with Crippen molar-refractivity contribution in [3.05, 3.63) is 30.1 Å². The Bertz CT molecular complexity index is 182. The second kappa shape index (κ2) is 8.17. The Morgan fingerprint density at radius 2 is 2.25 bits per heavy atom. The molecule has 0 aliphatic rings. The number of nitrogens with zero attached hydrogens (tertiary/aromatic N) is 1. The van der Waals surface area contributed by atoms with Crippen molar-refractivity contribution >= 4 is 0 Å². The molecular formula is C9H18N2O. The van der Waals surface area contributed by atoms with E-state index < -0.39 is 0 Å². The highest BCUT2D eigenvalue weighted by molar-refractivity contribution is 5.07. The lowest BCUT2D eigenvalue weighted by molar-refractivity contribution is 0.161. The summed E-state index contributed by atoms with van der Waals surface area (Å²) in [5, 5.41) is 8.24. The monoisotopic (exact) mass is 170 g/mol. The Balaban J connectivity index is 0. The maximum Gasteiger partial charge on any atom is 0.0473 e. The second-order valence-electron chi connectivity index (χ2n) is 2.40. The number of hydroxylamine groups is 1. The number of hydrogen-bond acceptors (Lipinski definition) is 3. The Hall–Kier alpha value is -0.930. The predicted molar refractivity (Wildman–Crippen MR) is 50.9 cm³/mol. The third-order valence-corrected chi connectivity index (χ3v) is 1.01. The van der Waals surface area contributed by atoms with Gasteiger partial charge in [0.2, 0.25) is 0 Å². The number of pyridine rings is 1. The first kappa shape index (κ1) is 11.1. The van der Waals surface area contributed by atoms with Crippen molar-refractivity contribution in [2.24, 2.45) is 0 Å². The van der Waals surface area contributed by atoms with Crippen molar-refractivity contribution in [1.29, 1.82) is 0 Å². The van der Waals surface area contributed by atoms with Crippen LogP contribution in [-0.4, -0.2) is 10.2 Å². The summed E-state index contributed by atoms with van der Waals surface area (Å²) in [4.78, 5) is 3.85. The third kappa shape index (κ3) is 5.82. The highest BCUT2D eigenvalue weighted by atomic mass is 16.5. The predicted octanol–water partition coefficient (Wildman–Crippen LogP) is 2.22. The fourth-order valence-corrected chi connectivity index (χ4v) is 0.594. The fourth-order valence-electron chi connectivity index (χ4n) is 0.594. The molecule has 0 bridgehead atoms. The molecule has 0 aliphatic carbocycles. The van der Waals surface area contributed by atoms with Gasteiger partial charge in [0, 0.05) is 20.4 Å².